The average Bonchev–Trinajstić information content (AvgIpc) is 2.38. The van der Waals surface area contributed by atoms with Crippen LogP contribution in [0.3, 0.4) is 0 Å². The second-order valence-corrected chi connectivity index (χ2v) is 4.37. The third kappa shape index (κ3) is 2.63. The maximum atomic E-state index is 11.4. The molecule has 0 bridgehead atoms. The molecule has 5 heteroatoms. The first-order valence-electron chi connectivity index (χ1n) is 5.93. The van der Waals surface area contributed by atoms with E-state index < -0.39 is 6.10 Å². The number of fused-ring (bicyclic) bond motifs is 1. The van der Waals surface area contributed by atoms with E-state index in [9.17, 15) is 9.90 Å². The Morgan fingerprint density at radius 2 is 2.33 bits per heavy atom. The van der Waals surface area contributed by atoms with Crippen molar-refractivity contribution in [3.8, 4) is 5.75 Å². The average molecular weight is 251 g/mol. The molecule has 1 unspecified atom stereocenters. The van der Waals surface area contributed by atoms with Crippen LogP contribution >= 0.6 is 0 Å². The maximum Gasteiger partial charge on any atom is 0.159 e. The minimum atomic E-state index is -0.795. The molecule has 0 amide bonds. The van der Waals surface area contributed by atoms with E-state index in [1.54, 1.807) is 18.2 Å². The number of hydrogen-bond donors (Lipinski definition) is 2. The van der Waals surface area contributed by atoms with Gasteiger partial charge >= 0.3 is 0 Å². The molecule has 0 radical (unpaired) electrons. The Morgan fingerprint density at radius 3 is 3.00 bits per heavy atom. The molecule has 0 saturated heterocycles. The minimum Gasteiger partial charge on any atom is -0.490 e. The van der Waals surface area contributed by atoms with E-state index in [1.807, 2.05) is 4.90 Å². The van der Waals surface area contributed by atoms with Crippen LogP contribution in [0.1, 0.15) is 17.3 Å². The number of ketones is 1. The fourth-order valence-corrected chi connectivity index (χ4v) is 1.99. The molecule has 1 heterocycles. The minimum absolute atomic E-state index is 0.00831. The lowest BCUT2D eigenvalue weighted by molar-refractivity contribution is 0.0983. The van der Waals surface area contributed by atoms with E-state index in [2.05, 4.69) is 0 Å². The Balaban J connectivity index is 2.28. The van der Waals surface area contributed by atoms with Gasteiger partial charge in [0.2, 0.25) is 0 Å². The predicted molar refractivity (Wildman–Crippen MR) is 67.2 cm³/mol. The molecule has 0 spiro atoms. The van der Waals surface area contributed by atoms with Crippen molar-refractivity contribution in [3.63, 3.8) is 0 Å². The molecule has 0 aromatic heterocycles. The zero-order valence-electron chi connectivity index (χ0n) is 10.3. The van der Waals surface area contributed by atoms with Crippen molar-refractivity contribution in [2.45, 2.75) is 13.0 Å². The predicted octanol–water partition coefficient (Wildman–Crippen LogP) is 0.441. The van der Waals surface area contributed by atoms with Crippen molar-refractivity contribution in [3.05, 3.63) is 23.8 Å². The smallest absolute Gasteiger partial charge is 0.159 e. The third-order valence-electron chi connectivity index (χ3n) is 2.97. The number of aliphatic hydroxyl groups excluding tert-OH is 2. The number of aliphatic hydroxyl groups is 2. The van der Waals surface area contributed by atoms with E-state index in [0.29, 0.717) is 31.0 Å². The van der Waals surface area contributed by atoms with Crippen molar-refractivity contribution < 1.29 is 19.7 Å². The van der Waals surface area contributed by atoms with E-state index in [-0.39, 0.29) is 12.4 Å². The van der Waals surface area contributed by atoms with Gasteiger partial charge in [-0.25, -0.2) is 0 Å². The first-order valence-corrected chi connectivity index (χ1v) is 5.93. The van der Waals surface area contributed by atoms with E-state index in [1.165, 1.54) is 6.92 Å². The number of hydrogen-bond acceptors (Lipinski definition) is 5. The molecule has 1 aliphatic rings. The molecular formula is C13H17NO4. The van der Waals surface area contributed by atoms with Gasteiger partial charge in [-0.3, -0.25) is 4.79 Å². The summed E-state index contributed by atoms with van der Waals surface area (Å²) >= 11 is 0. The van der Waals surface area contributed by atoms with Crippen LogP contribution in [0.2, 0.25) is 0 Å². The van der Waals surface area contributed by atoms with Gasteiger partial charge in [-0.1, -0.05) is 0 Å². The second kappa shape index (κ2) is 5.37. The molecule has 0 saturated carbocycles. The number of rotatable bonds is 4. The maximum absolute atomic E-state index is 11.4. The van der Waals surface area contributed by atoms with Gasteiger partial charge in [-0.05, 0) is 25.1 Å². The van der Waals surface area contributed by atoms with E-state index in [4.69, 9.17) is 9.84 Å². The number of β-amino-alcohol motifs (C(OH)–C–C–N with tert-alkyl or cyclic N) is 1. The first-order chi connectivity index (χ1) is 8.61. The normalized spacial score (nSPS) is 15.8. The van der Waals surface area contributed by atoms with Crippen LogP contribution in [-0.2, 0) is 0 Å². The molecule has 18 heavy (non-hydrogen) atoms. The molecular weight excluding hydrogens is 234 g/mol. The summed E-state index contributed by atoms with van der Waals surface area (Å²) in [6.45, 7) is 2.72. The van der Waals surface area contributed by atoms with Gasteiger partial charge in [0.15, 0.2) is 5.78 Å². The van der Waals surface area contributed by atoms with Gasteiger partial charge in [-0.15, -0.1) is 0 Å². The van der Waals surface area contributed by atoms with Gasteiger partial charge in [0.1, 0.15) is 12.4 Å². The number of benzene rings is 1. The van der Waals surface area contributed by atoms with Crippen molar-refractivity contribution in [2.24, 2.45) is 0 Å². The largest absolute Gasteiger partial charge is 0.490 e. The third-order valence-corrected chi connectivity index (χ3v) is 2.97. The molecule has 1 atom stereocenters. The molecule has 0 fully saturated rings. The number of Topliss-reactive ketones (excluding diaryl/α,β-unsaturated/α-hetero) is 1. The van der Waals surface area contributed by atoms with Crippen molar-refractivity contribution >= 4 is 11.5 Å². The van der Waals surface area contributed by atoms with Gasteiger partial charge in [0.25, 0.3) is 0 Å². The van der Waals surface area contributed by atoms with Crippen molar-refractivity contribution in [1.82, 2.24) is 0 Å². The molecule has 5 nitrogen and oxygen atoms in total. The summed E-state index contributed by atoms with van der Waals surface area (Å²) in [5, 5.41) is 18.4. The van der Waals surface area contributed by atoms with E-state index >= 15 is 0 Å². The van der Waals surface area contributed by atoms with Crippen LogP contribution in [0.25, 0.3) is 0 Å². The Labute approximate surface area is 106 Å². The zero-order valence-corrected chi connectivity index (χ0v) is 10.3. The topological polar surface area (TPSA) is 70.0 Å². The van der Waals surface area contributed by atoms with Crippen LogP contribution in [0, 0.1) is 0 Å². The van der Waals surface area contributed by atoms with Gasteiger partial charge < -0.3 is 19.8 Å². The Bertz CT molecular complexity index is 447. The van der Waals surface area contributed by atoms with Crippen LogP contribution in [0.15, 0.2) is 18.2 Å². The van der Waals surface area contributed by atoms with Gasteiger partial charge in [0.05, 0.1) is 24.9 Å². The lowest BCUT2D eigenvalue weighted by Gasteiger charge is -2.32. The molecule has 2 N–H and O–H groups in total. The van der Waals surface area contributed by atoms with E-state index in [0.717, 1.165) is 5.69 Å². The number of nitrogens with zero attached hydrogens (tertiary/aromatic N) is 1. The molecule has 1 aromatic rings. The Morgan fingerprint density at radius 1 is 1.56 bits per heavy atom. The number of ether oxygens (including phenoxy) is 1. The summed E-state index contributed by atoms with van der Waals surface area (Å²) in [4.78, 5) is 13.3. The van der Waals surface area contributed by atoms with Crippen molar-refractivity contribution in [1.29, 1.82) is 0 Å². The molecule has 1 aliphatic heterocycles. The number of anilines is 1. The highest BCUT2D eigenvalue weighted by molar-refractivity contribution is 5.95. The number of carbonyl (C=O) groups is 1. The second-order valence-electron chi connectivity index (χ2n) is 4.37. The highest BCUT2D eigenvalue weighted by Crippen LogP contribution is 2.32. The first kappa shape index (κ1) is 12.9. The lowest BCUT2D eigenvalue weighted by Crippen LogP contribution is -2.39. The Kier molecular flexibility index (Phi) is 3.84. The van der Waals surface area contributed by atoms with Gasteiger partial charge in [-0.2, -0.15) is 0 Å². The summed E-state index contributed by atoms with van der Waals surface area (Å²) in [5.41, 5.74) is 1.41. The highest BCUT2D eigenvalue weighted by atomic mass is 16.5. The van der Waals surface area contributed by atoms with Gasteiger partial charge in [0, 0.05) is 12.1 Å². The Hall–Kier alpha value is -1.59. The summed E-state index contributed by atoms with van der Waals surface area (Å²) < 4.78 is 5.51. The van der Waals surface area contributed by atoms with Crippen LogP contribution < -0.4 is 9.64 Å². The molecule has 2 rings (SSSR count). The quantitative estimate of drug-likeness (QED) is 0.760. The standard InChI is InChI=1S/C13H17NO4/c1-9(16)10-2-3-13-12(6-10)14(4-5-18-13)7-11(17)8-15/h2-3,6,11,15,17H,4-5,7-8H2,1H3. The highest BCUT2D eigenvalue weighted by Gasteiger charge is 2.21. The lowest BCUT2D eigenvalue weighted by atomic mass is 10.1. The molecule has 1 aromatic carbocycles. The summed E-state index contributed by atoms with van der Waals surface area (Å²) in [6.07, 6.45) is -0.795. The monoisotopic (exact) mass is 251 g/mol. The summed E-state index contributed by atoms with van der Waals surface area (Å²) in [7, 11) is 0. The van der Waals surface area contributed by atoms with Crippen LogP contribution in [-0.4, -0.2) is 48.4 Å². The molecule has 98 valence electrons. The molecule has 0 aliphatic carbocycles. The van der Waals surface area contributed by atoms with Crippen LogP contribution in [0.5, 0.6) is 5.75 Å². The number of carbonyl (C=O) groups excluding carboxylic acids is 1. The van der Waals surface area contributed by atoms with Crippen molar-refractivity contribution in [2.75, 3.05) is 31.2 Å². The SMILES string of the molecule is CC(=O)c1ccc2c(c1)N(CC(O)CO)CCO2. The fraction of sp³-hybridized carbons (Fsp3) is 0.462. The fourth-order valence-electron chi connectivity index (χ4n) is 1.99. The van der Waals surface area contributed by atoms with Crippen LogP contribution in [0.4, 0.5) is 5.69 Å². The zero-order chi connectivity index (χ0) is 13.1. The summed E-state index contributed by atoms with van der Waals surface area (Å²) in [5.74, 6) is 0.697. The summed E-state index contributed by atoms with van der Waals surface area (Å²) in [6, 6.07) is 5.26.